The van der Waals surface area contributed by atoms with Crippen molar-refractivity contribution in [2.75, 3.05) is 18.4 Å². The van der Waals surface area contributed by atoms with Crippen LogP contribution in [-0.2, 0) is 16.2 Å². The van der Waals surface area contributed by atoms with E-state index in [0.717, 1.165) is 29.6 Å². The van der Waals surface area contributed by atoms with Gasteiger partial charge in [-0.25, -0.2) is 27.8 Å². The van der Waals surface area contributed by atoms with Crippen molar-refractivity contribution in [3.05, 3.63) is 59.2 Å². The Labute approximate surface area is 177 Å². The number of aromatic nitrogens is 4. The zero-order valence-electron chi connectivity index (χ0n) is 17.0. The topological polar surface area (TPSA) is 102 Å². The molecule has 0 spiro atoms. The molecule has 2 N–H and O–H groups in total. The lowest BCUT2D eigenvalue weighted by Gasteiger charge is -2.14. The van der Waals surface area contributed by atoms with Gasteiger partial charge in [0.05, 0.1) is 16.2 Å². The van der Waals surface area contributed by atoms with Gasteiger partial charge in [0, 0.05) is 24.8 Å². The van der Waals surface area contributed by atoms with E-state index in [2.05, 4.69) is 25.1 Å². The summed E-state index contributed by atoms with van der Waals surface area (Å²) < 4.78 is 67.9. The zero-order valence-corrected chi connectivity index (χ0v) is 17.8. The van der Waals surface area contributed by atoms with Crippen molar-refractivity contribution >= 4 is 15.8 Å². The normalized spacial score (nSPS) is 12.2. The molecule has 8 nitrogen and oxygen atoms in total. The molecule has 0 aliphatic rings. The van der Waals surface area contributed by atoms with Gasteiger partial charge >= 0.3 is 6.18 Å². The number of rotatable bonds is 7. The quantitative estimate of drug-likeness (QED) is 0.532. The molecule has 1 aromatic carbocycles. The van der Waals surface area contributed by atoms with Crippen LogP contribution >= 0.6 is 0 Å². The van der Waals surface area contributed by atoms with Crippen LogP contribution in [0.5, 0.6) is 0 Å². The Morgan fingerprint density at radius 2 is 1.74 bits per heavy atom. The van der Waals surface area contributed by atoms with Gasteiger partial charge < -0.3 is 5.32 Å². The number of nitrogens with zero attached hydrogens (tertiary/aromatic N) is 4. The lowest BCUT2D eigenvalue weighted by Crippen LogP contribution is -2.30. The summed E-state index contributed by atoms with van der Waals surface area (Å²) >= 11 is 0. The number of benzene rings is 1. The molecule has 0 saturated carbocycles. The third-order valence-electron chi connectivity index (χ3n) is 4.26. The van der Waals surface area contributed by atoms with Crippen LogP contribution in [-0.4, -0.2) is 41.3 Å². The maximum absolute atomic E-state index is 13.1. The molecule has 3 aromatic rings. The summed E-state index contributed by atoms with van der Waals surface area (Å²) in [5.41, 5.74) is 0.505. The number of hydrogen-bond donors (Lipinski definition) is 2. The molecule has 0 amide bonds. The average Bonchev–Trinajstić information content (AvgIpc) is 3.02. The minimum absolute atomic E-state index is 0.0976. The van der Waals surface area contributed by atoms with E-state index in [0.29, 0.717) is 17.5 Å². The predicted molar refractivity (Wildman–Crippen MR) is 108 cm³/mol. The molecule has 0 aliphatic heterocycles. The van der Waals surface area contributed by atoms with Crippen molar-refractivity contribution in [3.63, 3.8) is 0 Å². The van der Waals surface area contributed by atoms with Gasteiger partial charge in [0.25, 0.3) is 0 Å². The first-order chi connectivity index (χ1) is 14.5. The molecule has 0 radical (unpaired) electrons. The minimum atomic E-state index is -4.78. The number of nitrogens with one attached hydrogen (secondary N) is 2. The predicted octanol–water partition coefficient (Wildman–Crippen LogP) is 3.00. The smallest absolute Gasteiger partial charge is 0.369 e. The first-order valence-electron chi connectivity index (χ1n) is 9.26. The molecular formula is C19H21F3N6O2S. The fourth-order valence-corrected chi connectivity index (χ4v) is 4.26. The number of anilines is 1. The van der Waals surface area contributed by atoms with E-state index in [9.17, 15) is 21.6 Å². The average molecular weight is 454 g/mol. The van der Waals surface area contributed by atoms with Crippen LogP contribution in [0.25, 0.3) is 5.82 Å². The van der Waals surface area contributed by atoms with E-state index in [-0.39, 0.29) is 13.1 Å². The van der Waals surface area contributed by atoms with Crippen molar-refractivity contribution in [1.29, 1.82) is 0 Å². The third-order valence-corrected chi connectivity index (χ3v) is 5.78. The fraction of sp³-hybridized carbons (Fsp3) is 0.316. The lowest BCUT2D eigenvalue weighted by molar-refractivity contribution is -0.139. The first-order valence-corrected chi connectivity index (χ1v) is 10.7. The number of alkyl halides is 3. The molecule has 12 heteroatoms. The summed E-state index contributed by atoms with van der Waals surface area (Å²) in [5, 5.41) is 7.32. The molecule has 3 rings (SSSR count). The third kappa shape index (κ3) is 5.39. The molecule has 2 heterocycles. The van der Waals surface area contributed by atoms with E-state index < -0.39 is 26.7 Å². The number of aryl methyl sites for hydroxylation is 3. The van der Waals surface area contributed by atoms with Crippen molar-refractivity contribution < 1.29 is 21.6 Å². The van der Waals surface area contributed by atoms with E-state index in [1.807, 2.05) is 19.9 Å². The van der Waals surface area contributed by atoms with Gasteiger partial charge in [-0.3, -0.25) is 0 Å². The van der Waals surface area contributed by atoms with Crippen LogP contribution in [0.4, 0.5) is 19.0 Å². The number of sulfonamides is 1. The fourth-order valence-electron chi connectivity index (χ4n) is 3.00. The largest absolute Gasteiger partial charge is 0.417 e. The van der Waals surface area contributed by atoms with Gasteiger partial charge in [-0.2, -0.15) is 18.3 Å². The van der Waals surface area contributed by atoms with E-state index in [1.54, 1.807) is 17.7 Å². The van der Waals surface area contributed by atoms with E-state index >= 15 is 0 Å². The van der Waals surface area contributed by atoms with Gasteiger partial charge in [0.15, 0.2) is 5.82 Å². The summed E-state index contributed by atoms with van der Waals surface area (Å²) in [6.45, 7) is 5.41. The Bertz CT molecular complexity index is 1190. The molecule has 166 valence electrons. The Morgan fingerprint density at radius 1 is 1.03 bits per heavy atom. The minimum Gasteiger partial charge on any atom is -0.369 e. The van der Waals surface area contributed by atoms with Gasteiger partial charge in [-0.05, 0) is 39.0 Å². The highest BCUT2D eigenvalue weighted by atomic mass is 32.2. The second kappa shape index (κ2) is 8.63. The zero-order chi connectivity index (χ0) is 22.8. The molecule has 0 atom stereocenters. The Hall–Kier alpha value is -2.99. The second-order valence-corrected chi connectivity index (χ2v) is 8.55. The summed E-state index contributed by atoms with van der Waals surface area (Å²) in [6, 6.07) is 7.59. The van der Waals surface area contributed by atoms with Crippen LogP contribution in [0.1, 0.15) is 22.8 Å². The summed E-state index contributed by atoms with van der Waals surface area (Å²) in [4.78, 5) is 7.78. The summed E-state index contributed by atoms with van der Waals surface area (Å²) in [7, 11) is -4.35. The van der Waals surface area contributed by atoms with Crippen molar-refractivity contribution in [2.24, 2.45) is 0 Å². The molecule has 0 bridgehead atoms. The molecule has 0 unspecified atom stereocenters. The monoisotopic (exact) mass is 454 g/mol. The standard InChI is InChI=1S/C19H21F3N6O2S/c1-12-10-13(2)28(27-12)18-11-17(25-14(3)26-18)23-8-9-24-31(29,30)16-7-5-4-6-15(16)19(20,21)22/h4-7,10-11,24H,8-9H2,1-3H3,(H,23,25,26). The highest BCUT2D eigenvalue weighted by molar-refractivity contribution is 7.89. The Balaban J connectivity index is 1.68. The SMILES string of the molecule is Cc1cc(C)n(-c2cc(NCCNS(=O)(=O)c3ccccc3C(F)(F)F)nc(C)n2)n1. The summed E-state index contributed by atoms with van der Waals surface area (Å²) in [6.07, 6.45) is -4.78. The van der Waals surface area contributed by atoms with Crippen LogP contribution in [0.15, 0.2) is 41.3 Å². The number of halogens is 3. The molecular weight excluding hydrogens is 433 g/mol. The highest BCUT2D eigenvalue weighted by Gasteiger charge is 2.36. The van der Waals surface area contributed by atoms with Crippen LogP contribution in [0.2, 0.25) is 0 Å². The van der Waals surface area contributed by atoms with Gasteiger partial charge in [-0.1, -0.05) is 12.1 Å². The molecule has 0 fully saturated rings. The van der Waals surface area contributed by atoms with Crippen LogP contribution in [0.3, 0.4) is 0 Å². The summed E-state index contributed by atoms with van der Waals surface area (Å²) in [5.74, 6) is 1.46. The van der Waals surface area contributed by atoms with Crippen LogP contribution in [0, 0.1) is 20.8 Å². The van der Waals surface area contributed by atoms with E-state index in [1.165, 1.54) is 6.07 Å². The van der Waals surface area contributed by atoms with Gasteiger partial charge in [0.2, 0.25) is 10.0 Å². The van der Waals surface area contributed by atoms with Gasteiger partial charge in [-0.15, -0.1) is 0 Å². The second-order valence-electron chi connectivity index (χ2n) is 6.82. The first kappa shape index (κ1) is 22.7. The molecule has 0 aliphatic carbocycles. The van der Waals surface area contributed by atoms with E-state index in [4.69, 9.17) is 0 Å². The maximum atomic E-state index is 13.1. The molecule has 0 saturated heterocycles. The van der Waals surface area contributed by atoms with Crippen molar-refractivity contribution in [2.45, 2.75) is 31.8 Å². The maximum Gasteiger partial charge on any atom is 0.417 e. The molecule has 31 heavy (non-hydrogen) atoms. The Kier molecular flexibility index (Phi) is 6.32. The Morgan fingerprint density at radius 3 is 2.39 bits per heavy atom. The van der Waals surface area contributed by atoms with Crippen molar-refractivity contribution in [1.82, 2.24) is 24.5 Å². The molecule has 2 aromatic heterocycles. The van der Waals surface area contributed by atoms with Gasteiger partial charge in [0.1, 0.15) is 11.6 Å². The van der Waals surface area contributed by atoms with Crippen LogP contribution < -0.4 is 10.0 Å². The number of hydrogen-bond acceptors (Lipinski definition) is 6. The lowest BCUT2D eigenvalue weighted by atomic mass is 10.2. The van der Waals surface area contributed by atoms with Crippen molar-refractivity contribution in [3.8, 4) is 5.82 Å². The highest BCUT2D eigenvalue weighted by Crippen LogP contribution is 2.33.